The molecule has 0 radical (unpaired) electrons. The molecule has 370 valence electrons. The van der Waals surface area contributed by atoms with Crippen LogP contribution in [0.5, 0.6) is 0 Å². The Morgan fingerprint density at radius 3 is 1.60 bits per heavy atom. The Morgan fingerprint density at radius 1 is 0.507 bits per heavy atom. The van der Waals surface area contributed by atoms with E-state index in [1.54, 1.807) is 0 Å². The van der Waals surface area contributed by atoms with E-state index >= 15 is 0 Å². The molecule has 6 heteroatoms. The van der Waals surface area contributed by atoms with E-state index in [1.807, 2.05) is 11.3 Å². The Bertz CT molecular complexity index is 3460. The fourth-order valence-electron chi connectivity index (χ4n) is 12.9. The zero-order valence-corrected chi connectivity index (χ0v) is 46.7. The molecule has 6 aromatic carbocycles. The molecule has 8 aromatic rings. The van der Waals surface area contributed by atoms with E-state index in [0.717, 1.165) is 48.0 Å². The summed E-state index contributed by atoms with van der Waals surface area (Å²) < 4.78 is 2.70. The van der Waals surface area contributed by atoms with Crippen molar-refractivity contribution in [3.63, 3.8) is 0 Å². The second-order valence-corrected chi connectivity index (χ2v) is 27.7. The van der Waals surface area contributed by atoms with E-state index in [0.29, 0.717) is 0 Å². The third-order valence-electron chi connectivity index (χ3n) is 17.7. The number of hydrogen-bond donors (Lipinski definition) is 0. The smallest absolute Gasteiger partial charge is 0.266 e. The van der Waals surface area contributed by atoms with Gasteiger partial charge in [-0.25, -0.2) is 4.98 Å². The molecule has 0 saturated carbocycles. The van der Waals surface area contributed by atoms with Crippen LogP contribution in [0.3, 0.4) is 0 Å². The molecule has 0 unspecified atom stereocenters. The molecule has 4 aliphatic rings. The van der Waals surface area contributed by atoms with Crippen molar-refractivity contribution in [2.24, 2.45) is 0 Å². The van der Waals surface area contributed by atoms with Crippen molar-refractivity contribution < 1.29 is 0 Å². The van der Waals surface area contributed by atoms with Crippen molar-refractivity contribution in [1.29, 1.82) is 0 Å². The van der Waals surface area contributed by atoms with Gasteiger partial charge in [0, 0.05) is 55.1 Å². The third kappa shape index (κ3) is 7.62. The molecule has 2 aromatic heterocycles. The third-order valence-corrected chi connectivity index (χ3v) is 18.9. The molecule has 0 atom stereocenters. The minimum atomic E-state index is -0.0607. The van der Waals surface area contributed by atoms with Gasteiger partial charge in [-0.2, -0.15) is 0 Å². The number of thiophene rings is 1. The van der Waals surface area contributed by atoms with Gasteiger partial charge >= 0.3 is 0 Å². The summed E-state index contributed by atoms with van der Waals surface area (Å²) in [5, 5.41) is 1.31. The topological polar surface area (TPSA) is 22.6 Å². The van der Waals surface area contributed by atoms with Gasteiger partial charge in [0.25, 0.3) is 6.71 Å². The van der Waals surface area contributed by atoms with Crippen LogP contribution < -0.4 is 30.4 Å². The van der Waals surface area contributed by atoms with Crippen molar-refractivity contribution in [3.8, 4) is 0 Å². The van der Waals surface area contributed by atoms with Gasteiger partial charge in [0.2, 0.25) is 0 Å². The van der Waals surface area contributed by atoms with Gasteiger partial charge < -0.3 is 4.90 Å². The summed E-state index contributed by atoms with van der Waals surface area (Å²) in [5.74, 6) is 1.88. The highest BCUT2D eigenvalue weighted by Crippen LogP contribution is 2.54. The van der Waals surface area contributed by atoms with Crippen LogP contribution in [0.25, 0.3) is 10.1 Å². The molecule has 0 N–H and O–H groups in total. The minimum absolute atomic E-state index is 0.000262. The summed E-state index contributed by atoms with van der Waals surface area (Å²) >= 11 is 1.99. The summed E-state index contributed by atoms with van der Waals surface area (Å²) in [6.45, 7) is 33.6. The minimum Gasteiger partial charge on any atom is -0.310 e. The van der Waals surface area contributed by atoms with Crippen LogP contribution >= 0.6 is 11.3 Å². The quantitative estimate of drug-likeness (QED) is 0.160. The van der Waals surface area contributed by atoms with Gasteiger partial charge in [-0.05, 0) is 169 Å². The highest BCUT2D eigenvalue weighted by atomic mass is 32.1. The van der Waals surface area contributed by atoms with Crippen molar-refractivity contribution in [2.45, 2.75) is 155 Å². The second-order valence-electron chi connectivity index (χ2n) is 26.6. The van der Waals surface area contributed by atoms with Crippen LogP contribution in [0, 0.1) is 0 Å². The highest BCUT2D eigenvalue weighted by molar-refractivity contribution is 7.33. The number of fused-ring (bicyclic) bond motifs is 8. The Labute approximate surface area is 440 Å². The molecule has 0 spiro atoms. The van der Waals surface area contributed by atoms with Gasteiger partial charge in [-0.3, -0.25) is 9.80 Å². The number of rotatable bonds is 5. The lowest BCUT2D eigenvalue weighted by atomic mass is 9.36. The summed E-state index contributed by atoms with van der Waals surface area (Å²) in [6, 6.07) is 53.7. The number of nitrogens with zero attached hydrogens (tertiary/aromatic N) is 4. The highest BCUT2D eigenvalue weighted by Gasteiger charge is 2.49. The van der Waals surface area contributed by atoms with E-state index in [1.165, 1.54) is 88.3 Å². The molecule has 0 amide bonds. The van der Waals surface area contributed by atoms with Crippen LogP contribution in [-0.4, -0.2) is 11.7 Å². The van der Waals surface area contributed by atoms with Gasteiger partial charge in [0.15, 0.2) is 0 Å². The van der Waals surface area contributed by atoms with Crippen LogP contribution in [0.4, 0.5) is 51.4 Å². The molecular formula is C67H73BN4S. The monoisotopic (exact) mass is 977 g/mol. The molecule has 4 heterocycles. The fourth-order valence-corrected chi connectivity index (χ4v) is 14.2. The molecule has 2 aliphatic carbocycles. The Kier molecular flexibility index (Phi) is 10.6. The predicted octanol–water partition coefficient (Wildman–Crippen LogP) is 17.1. The Morgan fingerprint density at radius 2 is 1.03 bits per heavy atom. The van der Waals surface area contributed by atoms with Gasteiger partial charge in [-0.15, -0.1) is 11.3 Å². The largest absolute Gasteiger partial charge is 0.310 e. The lowest BCUT2D eigenvalue weighted by Crippen LogP contribution is -2.61. The van der Waals surface area contributed by atoms with Gasteiger partial charge in [0.1, 0.15) is 11.6 Å². The number of para-hydroxylation sites is 2. The first-order valence-corrected chi connectivity index (χ1v) is 27.8. The first-order valence-electron chi connectivity index (χ1n) is 27.0. The maximum atomic E-state index is 6.15. The molecule has 73 heavy (non-hydrogen) atoms. The number of benzene rings is 6. The van der Waals surface area contributed by atoms with Crippen molar-refractivity contribution in [2.75, 3.05) is 14.7 Å². The molecular weight excluding hydrogens is 904 g/mol. The van der Waals surface area contributed by atoms with Crippen molar-refractivity contribution >= 4 is 95.3 Å². The number of pyridine rings is 1. The first-order chi connectivity index (χ1) is 34.4. The lowest BCUT2D eigenvalue weighted by Gasteiger charge is -2.47. The van der Waals surface area contributed by atoms with Crippen LogP contribution in [0.15, 0.2) is 140 Å². The molecule has 2 aliphatic heterocycles. The average Bonchev–Trinajstić information content (AvgIpc) is 3.73. The lowest BCUT2D eigenvalue weighted by molar-refractivity contribution is 0.332. The van der Waals surface area contributed by atoms with Crippen LogP contribution in [0.2, 0.25) is 0 Å². The average molecular weight is 977 g/mol. The number of hydrogen-bond acceptors (Lipinski definition) is 5. The van der Waals surface area contributed by atoms with Gasteiger partial charge in [0.05, 0.1) is 5.69 Å². The molecule has 0 fully saturated rings. The Hall–Kier alpha value is -6.11. The summed E-state index contributed by atoms with van der Waals surface area (Å²) in [4.78, 5) is 13.8. The summed E-state index contributed by atoms with van der Waals surface area (Å²) in [7, 11) is 0. The normalized spacial score (nSPS) is 17.9. The molecule has 4 nitrogen and oxygen atoms in total. The van der Waals surface area contributed by atoms with E-state index < -0.39 is 0 Å². The van der Waals surface area contributed by atoms with E-state index in [-0.39, 0.29) is 39.2 Å². The van der Waals surface area contributed by atoms with Crippen molar-refractivity contribution in [3.05, 3.63) is 173 Å². The second kappa shape index (κ2) is 16.2. The standard InChI is InChI=1S/C67H73BN4S/c1-62(2,3)42-25-28-46(29-26-42)71-55-41-57(70(44-21-17-15-18-22-44)45-23-19-16-20-24-45)69-61-58(55)68(60-59(71)48-37-43(63(4,5)6)27-32-56(48)73-60)53-39-51-52(67(13,14)36-35-66(51,11)12)40-54(53)72(61)47-30-31-49-50(38-47)65(9,10)34-33-64(49,7)8/h15-32,37-41H,33-36H2,1-14H3. The number of aromatic nitrogens is 1. The fraction of sp³-hybridized carbons (Fsp3) is 0.358. The summed E-state index contributed by atoms with van der Waals surface area (Å²) in [6.07, 6.45) is 4.61. The molecule has 12 rings (SSSR count). The zero-order valence-electron chi connectivity index (χ0n) is 45.9. The van der Waals surface area contributed by atoms with Gasteiger partial charge in [-0.1, -0.05) is 164 Å². The molecule has 0 bridgehead atoms. The van der Waals surface area contributed by atoms with E-state index in [4.69, 9.17) is 4.98 Å². The van der Waals surface area contributed by atoms with E-state index in [2.05, 4.69) is 251 Å². The van der Waals surface area contributed by atoms with E-state index in [9.17, 15) is 0 Å². The van der Waals surface area contributed by atoms with Crippen LogP contribution in [0.1, 0.15) is 156 Å². The maximum Gasteiger partial charge on any atom is 0.266 e. The Balaban J connectivity index is 1.26. The summed E-state index contributed by atoms with van der Waals surface area (Å²) in [5.41, 5.74) is 19.4. The SMILES string of the molecule is CC(C)(C)c1ccc(N2c3cc(N(c4ccccc4)c4ccccc4)nc4c3B(c3cc5c(cc3N4c3ccc4c(c3)C(C)(C)CCC4(C)C)C(C)(C)CCC5(C)C)c3sc4ccc(C(C)(C)C)cc4c32)cc1. The zero-order chi connectivity index (χ0) is 51.4. The first kappa shape index (κ1) is 47.9. The maximum absolute atomic E-state index is 6.15. The van der Waals surface area contributed by atoms with Crippen LogP contribution in [-0.2, 0) is 32.5 Å². The van der Waals surface area contributed by atoms with Crippen molar-refractivity contribution in [1.82, 2.24) is 4.98 Å². The predicted molar refractivity (Wildman–Crippen MR) is 316 cm³/mol. The number of anilines is 9. The molecule has 0 saturated heterocycles.